The molecule has 0 atom stereocenters. The lowest BCUT2D eigenvalue weighted by molar-refractivity contribution is 0.282. The molecule has 30 heavy (non-hydrogen) atoms. The van der Waals surface area contributed by atoms with Crippen LogP contribution in [0.2, 0.25) is 5.02 Å². The Morgan fingerprint density at radius 2 is 1.97 bits per heavy atom. The number of para-hydroxylation sites is 1. The number of H-pyrrole nitrogens is 1. The minimum atomic E-state index is -0.134. The highest BCUT2D eigenvalue weighted by molar-refractivity contribution is 6.34. The minimum absolute atomic E-state index is 0. The van der Waals surface area contributed by atoms with Gasteiger partial charge in [-0.3, -0.25) is 9.69 Å². The maximum Gasteiger partial charge on any atom is 0.258 e. The second-order valence-corrected chi connectivity index (χ2v) is 7.79. The molecule has 1 aliphatic heterocycles. The zero-order valence-corrected chi connectivity index (χ0v) is 18.2. The van der Waals surface area contributed by atoms with E-state index in [4.69, 9.17) is 16.7 Å². The van der Waals surface area contributed by atoms with Gasteiger partial charge in [0.1, 0.15) is 5.82 Å². The monoisotopic (exact) mass is 445 g/mol. The summed E-state index contributed by atoms with van der Waals surface area (Å²) >= 11 is 6.20. The number of nitrogens with one attached hydrogen (secondary N) is 1. The van der Waals surface area contributed by atoms with Crippen molar-refractivity contribution < 1.29 is 5.11 Å². The number of hydrogen-bond acceptors (Lipinski definition) is 4. The fourth-order valence-corrected chi connectivity index (χ4v) is 3.98. The van der Waals surface area contributed by atoms with E-state index in [2.05, 4.69) is 33.1 Å². The van der Waals surface area contributed by atoms with Gasteiger partial charge in [-0.05, 0) is 48.2 Å². The van der Waals surface area contributed by atoms with Gasteiger partial charge in [-0.25, -0.2) is 4.98 Å². The third kappa shape index (κ3) is 5.10. The topological polar surface area (TPSA) is 69.2 Å². The molecule has 2 heterocycles. The van der Waals surface area contributed by atoms with Crippen molar-refractivity contribution in [3.05, 3.63) is 80.9 Å². The Balaban J connectivity index is 0.00000256. The van der Waals surface area contributed by atoms with Gasteiger partial charge in [0.25, 0.3) is 5.56 Å². The van der Waals surface area contributed by atoms with Gasteiger partial charge in [-0.2, -0.15) is 0 Å². The van der Waals surface area contributed by atoms with Crippen LogP contribution in [0.3, 0.4) is 0 Å². The molecule has 5 nitrogen and oxygen atoms in total. The molecule has 0 fully saturated rings. The number of halogens is 2. The lowest BCUT2D eigenvalue weighted by Crippen LogP contribution is -2.30. The average Bonchev–Trinajstić information content (AvgIpc) is 2.75. The van der Waals surface area contributed by atoms with E-state index in [9.17, 15) is 4.79 Å². The molecule has 158 valence electrons. The zero-order valence-electron chi connectivity index (χ0n) is 16.6. The van der Waals surface area contributed by atoms with Crippen molar-refractivity contribution in [2.45, 2.75) is 25.9 Å². The molecule has 0 aliphatic carbocycles. The summed E-state index contributed by atoms with van der Waals surface area (Å²) in [5.41, 5.74) is 3.97. The number of nitrogens with zero attached hydrogens (tertiary/aromatic N) is 2. The Bertz CT molecular complexity index is 1090. The first-order valence-corrected chi connectivity index (χ1v) is 10.3. The van der Waals surface area contributed by atoms with E-state index < -0.39 is 0 Å². The average molecular weight is 446 g/mol. The molecule has 0 amide bonds. The largest absolute Gasteiger partial charge is 0.392 e. The first-order valence-electron chi connectivity index (χ1n) is 9.93. The molecule has 0 bridgehead atoms. The molecule has 0 unspecified atom stereocenters. The van der Waals surface area contributed by atoms with Crippen LogP contribution >= 0.6 is 24.0 Å². The fraction of sp³-hybridized carbons (Fsp3) is 0.304. The SMILES string of the molecule is Cl.O=c1[nH]c(CCCN2CC=C(c3ccc(CO)cc3)CC2)nc2c(Cl)cccc12. The van der Waals surface area contributed by atoms with Crippen LogP contribution in [-0.2, 0) is 13.0 Å². The Hall–Kier alpha value is -2.18. The number of aryl methyl sites for hydroxylation is 1. The number of rotatable bonds is 6. The first kappa shape index (κ1) is 22.5. The van der Waals surface area contributed by atoms with E-state index >= 15 is 0 Å². The third-order valence-electron chi connectivity index (χ3n) is 5.42. The second-order valence-electron chi connectivity index (χ2n) is 7.39. The Morgan fingerprint density at radius 1 is 1.17 bits per heavy atom. The normalized spacial score (nSPS) is 14.4. The van der Waals surface area contributed by atoms with E-state index in [1.54, 1.807) is 18.2 Å². The molecule has 0 saturated heterocycles. The summed E-state index contributed by atoms with van der Waals surface area (Å²) in [6.07, 6.45) is 4.94. The number of aromatic nitrogens is 2. The van der Waals surface area contributed by atoms with Crippen molar-refractivity contribution in [2.75, 3.05) is 19.6 Å². The van der Waals surface area contributed by atoms with Crippen molar-refractivity contribution >= 4 is 40.5 Å². The molecule has 4 rings (SSSR count). The van der Waals surface area contributed by atoms with E-state index in [0.717, 1.165) is 38.0 Å². The highest BCUT2D eigenvalue weighted by Gasteiger charge is 2.13. The summed E-state index contributed by atoms with van der Waals surface area (Å²) in [6.45, 7) is 2.97. The van der Waals surface area contributed by atoms with Crippen molar-refractivity contribution in [3.63, 3.8) is 0 Å². The summed E-state index contributed by atoms with van der Waals surface area (Å²) in [5.74, 6) is 0.688. The van der Waals surface area contributed by atoms with Crippen molar-refractivity contribution in [1.29, 1.82) is 0 Å². The first-order chi connectivity index (χ1) is 14.1. The standard InChI is InChI=1S/C23H24ClN3O2.ClH/c24-20-4-1-3-19-22(20)25-21(26-23(19)29)5-2-12-27-13-10-18(11-14-27)17-8-6-16(15-28)7-9-17;/h1,3-4,6-10,28H,2,5,11-15H2,(H,25,26,29);1H. The molecule has 0 saturated carbocycles. The number of aliphatic hydroxyl groups is 1. The third-order valence-corrected chi connectivity index (χ3v) is 5.73. The summed E-state index contributed by atoms with van der Waals surface area (Å²) in [7, 11) is 0. The van der Waals surface area contributed by atoms with Crippen LogP contribution in [-0.4, -0.2) is 39.6 Å². The van der Waals surface area contributed by atoms with Gasteiger partial charge in [0.2, 0.25) is 0 Å². The molecular weight excluding hydrogens is 421 g/mol. The van der Waals surface area contributed by atoms with Crippen LogP contribution in [0.4, 0.5) is 0 Å². The van der Waals surface area contributed by atoms with Gasteiger partial charge in [0, 0.05) is 19.5 Å². The van der Waals surface area contributed by atoms with Crippen LogP contribution in [0.1, 0.15) is 29.8 Å². The van der Waals surface area contributed by atoms with Gasteiger partial charge >= 0.3 is 0 Å². The second kappa shape index (κ2) is 10.2. The number of benzene rings is 2. The number of hydrogen-bond donors (Lipinski definition) is 2. The number of aliphatic hydroxyl groups excluding tert-OH is 1. The van der Waals surface area contributed by atoms with Crippen LogP contribution in [0.25, 0.3) is 16.5 Å². The summed E-state index contributed by atoms with van der Waals surface area (Å²) < 4.78 is 0. The van der Waals surface area contributed by atoms with Gasteiger partial charge in [-0.15, -0.1) is 12.4 Å². The molecule has 1 aliphatic rings. The number of fused-ring (bicyclic) bond motifs is 1. The molecule has 7 heteroatoms. The smallest absolute Gasteiger partial charge is 0.258 e. The lowest BCUT2D eigenvalue weighted by atomic mass is 9.98. The van der Waals surface area contributed by atoms with Crippen LogP contribution in [0.5, 0.6) is 0 Å². The van der Waals surface area contributed by atoms with Crippen molar-refractivity contribution in [2.24, 2.45) is 0 Å². The fourth-order valence-electron chi connectivity index (χ4n) is 3.76. The molecular formula is C23H25Cl2N3O2. The van der Waals surface area contributed by atoms with E-state index in [1.165, 1.54) is 11.1 Å². The van der Waals surface area contributed by atoms with E-state index in [1.807, 2.05) is 12.1 Å². The maximum atomic E-state index is 12.2. The molecule has 2 N–H and O–H groups in total. The lowest BCUT2D eigenvalue weighted by Gasteiger charge is -2.26. The highest BCUT2D eigenvalue weighted by atomic mass is 35.5. The molecule has 2 aromatic carbocycles. The van der Waals surface area contributed by atoms with Crippen LogP contribution in [0.15, 0.2) is 53.3 Å². The summed E-state index contributed by atoms with van der Waals surface area (Å²) in [4.78, 5) is 22.1. The summed E-state index contributed by atoms with van der Waals surface area (Å²) in [6, 6.07) is 13.4. The van der Waals surface area contributed by atoms with Gasteiger partial charge in [0.05, 0.1) is 22.5 Å². The van der Waals surface area contributed by atoms with E-state index in [0.29, 0.717) is 28.2 Å². The van der Waals surface area contributed by atoms with Crippen LogP contribution in [0, 0.1) is 0 Å². The van der Waals surface area contributed by atoms with Gasteiger partial charge < -0.3 is 10.1 Å². The quantitative estimate of drug-likeness (QED) is 0.595. The predicted molar refractivity (Wildman–Crippen MR) is 124 cm³/mol. The predicted octanol–water partition coefficient (Wildman–Crippen LogP) is 4.21. The minimum Gasteiger partial charge on any atom is -0.392 e. The van der Waals surface area contributed by atoms with Gasteiger partial charge in [0.15, 0.2) is 0 Å². The Labute approximate surface area is 186 Å². The number of aromatic amines is 1. The summed E-state index contributed by atoms with van der Waals surface area (Å²) in [5, 5.41) is 10.2. The molecule has 0 spiro atoms. The Morgan fingerprint density at radius 3 is 2.67 bits per heavy atom. The van der Waals surface area contributed by atoms with Gasteiger partial charge in [-0.1, -0.05) is 48.0 Å². The van der Waals surface area contributed by atoms with Crippen molar-refractivity contribution in [3.8, 4) is 0 Å². The molecule has 0 radical (unpaired) electrons. The van der Waals surface area contributed by atoms with Crippen molar-refractivity contribution in [1.82, 2.24) is 14.9 Å². The zero-order chi connectivity index (χ0) is 20.2. The van der Waals surface area contributed by atoms with Crippen LogP contribution < -0.4 is 5.56 Å². The highest BCUT2D eigenvalue weighted by Crippen LogP contribution is 2.23. The molecule has 3 aromatic rings. The van der Waals surface area contributed by atoms with E-state index in [-0.39, 0.29) is 24.6 Å². The maximum absolute atomic E-state index is 12.2. The molecule has 1 aromatic heterocycles. The Kier molecular flexibility index (Phi) is 7.67.